The number of anilines is 1. The zero-order valence-electron chi connectivity index (χ0n) is 14.2. The van der Waals surface area contributed by atoms with Gasteiger partial charge in [-0.2, -0.15) is 10.5 Å². The zero-order chi connectivity index (χ0) is 19.0. The number of hydrogen-bond donors (Lipinski definition) is 1. The van der Waals surface area contributed by atoms with Crippen molar-refractivity contribution in [2.45, 2.75) is 16.8 Å². The number of fused-ring (bicyclic) bond motifs is 1. The summed E-state index contributed by atoms with van der Waals surface area (Å²) in [6.07, 6.45) is 1.87. The smallest absolute Gasteiger partial charge is 0.194 e. The largest absolute Gasteiger partial charge is 0.383 e. The molecule has 0 fully saturated rings. The fourth-order valence-corrected chi connectivity index (χ4v) is 4.57. The lowest BCUT2D eigenvalue weighted by atomic mass is 10.00. The molecule has 0 bridgehead atoms. The highest BCUT2D eigenvalue weighted by Crippen LogP contribution is 2.39. The molecule has 3 aromatic heterocycles. The lowest BCUT2D eigenvalue weighted by Crippen LogP contribution is -2.04. The topological polar surface area (TPSA) is 104 Å². The number of hydrogen-bond acceptors (Lipinski definition) is 7. The number of aryl methyl sites for hydroxylation is 1. The summed E-state index contributed by atoms with van der Waals surface area (Å²) < 4.78 is 1.88. The Balaban J connectivity index is 2.03. The number of nitriles is 2. The molecule has 0 aliphatic heterocycles. The molecule has 2 N–H and O–H groups in total. The van der Waals surface area contributed by atoms with E-state index in [0.29, 0.717) is 21.8 Å². The highest BCUT2D eigenvalue weighted by Gasteiger charge is 2.25. The molecule has 3 heterocycles. The zero-order valence-corrected chi connectivity index (χ0v) is 15.8. The Bertz CT molecular complexity index is 1240. The van der Waals surface area contributed by atoms with E-state index in [-0.39, 0.29) is 11.4 Å². The first-order chi connectivity index (χ1) is 13.1. The Morgan fingerprint density at radius 1 is 1.11 bits per heavy atom. The molecule has 0 saturated heterocycles. The van der Waals surface area contributed by atoms with Crippen molar-refractivity contribution in [3.63, 3.8) is 0 Å². The Labute approximate surface area is 163 Å². The minimum absolute atomic E-state index is 0.106. The van der Waals surface area contributed by atoms with E-state index in [4.69, 9.17) is 5.73 Å². The highest BCUT2D eigenvalue weighted by atomic mass is 32.2. The molecule has 6 nitrogen and oxygen atoms in total. The van der Waals surface area contributed by atoms with E-state index < -0.39 is 0 Å². The van der Waals surface area contributed by atoms with Crippen molar-refractivity contribution in [3.05, 3.63) is 58.7 Å². The summed E-state index contributed by atoms with van der Waals surface area (Å²) in [6, 6.07) is 14.0. The number of benzene rings is 1. The van der Waals surface area contributed by atoms with Crippen LogP contribution in [0.1, 0.15) is 16.8 Å². The number of pyridine rings is 1. The van der Waals surface area contributed by atoms with Crippen LogP contribution in [0.2, 0.25) is 0 Å². The van der Waals surface area contributed by atoms with Crippen LogP contribution in [0.3, 0.4) is 0 Å². The molecule has 4 aromatic rings. The molecular formula is C19H12N6S2. The predicted molar refractivity (Wildman–Crippen MR) is 105 cm³/mol. The molecule has 0 amide bonds. The van der Waals surface area contributed by atoms with E-state index in [0.717, 1.165) is 15.6 Å². The molecule has 27 heavy (non-hydrogen) atoms. The maximum absolute atomic E-state index is 9.92. The van der Waals surface area contributed by atoms with Gasteiger partial charge in [0.25, 0.3) is 0 Å². The van der Waals surface area contributed by atoms with Gasteiger partial charge in [-0.05, 0) is 19.1 Å². The summed E-state index contributed by atoms with van der Waals surface area (Å²) in [5.41, 5.74) is 8.53. The van der Waals surface area contributed by atoms with Gasteiger partial charge in [0, 0.05) is 22.0 Å². The summed E-state index contributed by atoms with van der Waals surface area (Å²) in [5, 5.41) is 22.0. The van der Waals surface area contributed by atoms with Crippen LogP contribution in [0, 0.1) is 29.6 Å². The average Bonchev–Trinajstić information content (AvgIpc) is 3.22. The van der Waals surface area contributed by atoms with Crippen molar-refractivity contribution >= 4 is 33.9 Å². The summed E-state index contributed by atoms with van der Waals surface area (Å²) >= 11 is 2.84. The van der Waals surface area contributed by atoms with E-state index in [1.54, 1.807) is 0 Å². The van der Waals surface area contributed by atoms with Crippen molar-refractivity contribution in [2.75, 3.05) is 5.73 Å². The lowest BCUT2D eigenvalue weighted by Gasteiger charge is -2.13. The maximum Gasteiger partial charge on any atom is 0.194 e. The molecule has 0 spiro atoms. The third-order valence-corrected chi connectivity index (χ3v) is 5.80. The summed E-state index contributed by atoms with van der Waals surface area (Å²) in [7, 11) is 0. The second-order valence-electron chi connectivity index (χ2n) is 5.67. The Morgan fingerprint density at radius 2 is 1.85 bits per heavy atom. The van der Waals surface area contributed by atoms with Crippen molar-refractivity contribution in [1.29, 1.82) is 10.5 Å². The van der Waals surface area contributed by atoms with Crippen LogP contribution in [0.15, 0.2) is 51.8 Å². The normalized spacial score (nSPS) is 10.6. The molecule has 0 atom stereocenters. The third kappa shape index (κ3) is 2.81. The second kappa shape index (κ2) is 6.76. The molecule has 4 rings (SSSR count). The van der Waals surface area contributed by atoms with Gasteiger partial charge in [0.2, 0.25) is 0 Å². The predicted octanol–water partition coefficient (Wildman–Crippen LogP) is 4.24. The minimum atomic E-state index is 0.106. The third-order valence-electron chi connectivity index (χ3n) is 4.05. The molecule has 8 heteroatoms. The molecule has 0 saturated carbocycles. The van der Waals surface area contributed by atoms with Crippen molar-refractivity contribution in [3.8, 4) is 23.4 Å². The van der Waals surface area contributed by atoms with Crippen molar-refractivity contribution in [1.82, 2.24) is 14.4 Å². The first kappa shape index (κ1) is 17.1. The first-order valence-electron chi connectivity index (χ1n) is 7.93. The second-order valence-corrected chi connectivity index (χ2v) is 7.60. The molecule has 1 aromatic carbocycles. The van der Waals surface area contributed by atoms with Crippen LogP contribution >= 0.6 is 23.1 Å². The van der Waals surface area contributed by atoms with Gasteiger partial charge in [-0.3, -0.25) is 4.40 Å². The van der Waals surface area contributed by atoms with Gasteiger partial charge in [-0.15, -0.1) is 11.3 Å². The fourth-order valence-electron chi connectivity index (χ4n) is 2.90. The molecule has 0 unspecified atom stereocenters. The van der Waals surface area contributed by atoms with Crippen LogP contribution in [-0.4, -0.2) is 14.4 Å². The van der Waals surface area contributed by atoms with E-state index in [9.17, 15) is 10.5 Å². The average molecular weight is 388 g/mol. The van der Waals surface area contributed by atoms with Gasteiger partial charge < -0.3 is 5.73 Å². The molecule has 130 valence electrons. The van der Waals surface area contributed by atoms with Crippen LogP contribution in [0.25, 0.3) is 16.2 Å². The fraction of sp³-hybridized carbons (Fsp3) is 0.0526. The molecule has 0 aliphatic rings. The monoisotopic (exact) mass is 388 g/mol. The Morgan fingerprint density at radius 3 is 2.56 bits per heavy atom. The summed E-state index contributed by atoms with van der Waals surface area (Å²) in [6.45, 7) is 1.86. The SMILES string of the molecule is Cc1nc2sccn2c1-c1c(C#N)c(N)nc(Sc2ccccc2)c1C#N. The van der Waals surface area contributed by atoms with Gasteiger partial charge in [0.15, 0.2) is 4.96 Å². The Kier molecular flexibility index (Phi) is 4.28. The van der Waals surface area contributed by atoms with Gasteiger partial charge in [0.1, 0.15) is 28.5 Å². The lowest BCUT2D eigenvalue weighted by molar-refractivity contribution is 1.10. The number of nitrogens with two attached hydrogens (primary N) is 1. The van der Waals surface area contributed by atoms with Crippen LogP contribution in [-0.2, 0) is 0 Å². The first-order valence-corrected chi connectivity index (χ1v) is 9.62. The van der Waals surface area contributed by atoms with Gasteiger partial charge in [0.05, 0.1) is 17.0 Å². The van der Waals surface area contributed by atoms with E-state index in [2.05, 4.69) is 22.1 Å². The summed E-state index contributed by atoms with van der Waals surface area (Å²) in [5.74, 6) is 0.106. The van der Waals surface area contributed by atoms with E-state index in [1.807, 2.05) is 53.2 Å². The van der Waals surface area contributed by atoms with Gasteiger partial charge in [-0.1, -0.05) is 30.0 Å². The van der Waals surface area contributed by atoms with Crippen LogP contribution in [0.4, 0.5) is 5.82 Å². The summed E-state index contributed by atoms with van der Waals surface area (Å²) in [4.78, 5) is 10.6. The quantitative estimate of drug-likeness (QED) is 0.563. The number of aromatic nitrogens is 3. The number of thiazole rings is 1. The number of nitrogens with zero attached hydrogens (tertiary/aromatic N) is 5. The van der Waals surface area contributed by atoms with Crippen molar-refractivity contribution < 1.29 is 0 Å². The van der Waals surface area contributed by atoms with E-state index >= 15 is 0 Å². The van der Waals surface area contributed by atoms with Crippen LogP contribution < -0.4 is 5.73 Å². The maximum atomic E-state index is 9.92. The van der Waals surface area contributed by atoms with Crippen LogP contribution in [0.5, 0.6) is 0 Å². The van der Waals surface area contributed by atoms with Gasteiger partial charge >= 0.3 is 0 Å². The molecule has 0 aliphatic carbocycles. The van der Waals surface area contributed by atoms with E-state index in [1.165, 1.54) is 23.1 Å². The minimum Gasteiger partial charge on any atom is -0.383 e. The molecule has 0 radical (unpaired) electrons. The number of nitrogen functional groups attached to an aromatic ring is 1. The number of imidazole rings is 1. The molecular weight excluding hydrogens is 376 g/mol. The Hall–Kier alpha value is -3.33. The number of rotatable bonds is 3. The van der Waals surface area contributed by atoms with Gasteiger partial charge in [-0.25, -0.2) is 9.97 Å². The highest BCUT2D eigenvalue weighted by molar-refractivity contribution is 7.99. The van der Waals surface area contributed by atoms with Crippen molar-refractivity contribution in [2.24, 2.45) is 0 Å². The standard InChI is InChI=1S/C19H12N6S2/c1-11-16(25-7-8-26-19(25)23-11)15-13(9-20)17(22)24-18(14(15)10-21)27-12-5-3-2-4-6-12/h2-8H,1H3,(H2,22,24).